The van der Waals surface area contributed by atoms with Crippen molar-refractivity contribution in [1.29, 1.82) is 0 Å². The molecule has 0 atom stereocenters. The van der Waals surface area contributed by atoms with Crippen LogP contribution in [0.4, 0.5) is 11.4 Å². The number of amides is 1. The first-order valence-electron chi connectivity index (χ1n) is 5.58. The third-order valence-corrected chi connectivity index (χ3v) is 2.56. The van der Waals surface area contributed by atoms with E-state index in [0.717, 1.165) is 0 Å². The average Bonchev–Trinajstić information content (AvgIpc) is 2.84. The Morgan fingerprint density at radius 3 is 2.89 bits per heavy atom. The molecule has 6 nitrogen and oxygen atoms in total. The lowest BCUT2D eigenvalue weighted by Gasteiger charge is -2.12. The van der Waals surface area contributed by atoms with Gasteiger partial charge in [-0.1, -0.05) is 6.07 Å². The maximum Gasteiger partial charge on any atom is 0.250 e. The van der Waals surface area contributed by atoms with Gasteiger partial charge < -0.3 is 16.8 Å². The predicted octanol–water partition coefficient (Wildman–Crippen LogP) is 0.676. The van der Waals surface area contributed by atoms with Crippen molar-refractivity contribution in [3.8, 4) is 0 Å². The van der Waals surface area contributed by atoms with Crippen molar-refractivity contribution in [2.45, 2.75) is 6.54 Å². The molecule has 0 fully saturated rings. The number of carbonyl (C=O) groups is 1. The third-order valence-electron chi connectivity index (χ3n) is 2.56. The van der Waals surface area contributed by atoms with Crippen LogP contribution in [0.1, 0.15) is 10.4 Å². The summed E-state index contributed by atoms with van der Waals surface area (Å²) in [5.74, 6) is -0.496. The molecule has 0 aliphatic heterocycles. The molecule has 0 bridgehead atoms. The van der Waals surface area contributed by atoms with Gasteiger partial charge >= 0.3 is 0 Å². The van der Waals surface area contributed by atoms with Gasteiger partial charge in [-0.3, -0.25) is 9.48 Å². The molecule has 2 aromatic rings. The maximum atomic E-state index is 11.3. The van der Waals surface area contributed by atoms with Crippen LogP contribution in [0.2, 0.25) is 0 Å². The van der Waals surface area contributed by atoms with Crippen LogP contribution in [0.15, 0.2) is 36.7 Å². The number of nitrogens with zero attached hydrogens (tertiary/aromatic N) is 2. The number of benzene rings is 1. The fourth-order valence-corrected chi connectivity index (χ4v) is 1.70. The summed E-state index contributed by atoms with van der Waals surface area (Å²) in [5.41, 5.74) is 12.6. The SMILES string of the molecule is NC(=O)c1cccc(N)c1NCCn1cccn1. The molecule has 0 saturated heterocycles. The van der Waals surface area contributed by atoms with Crippen LogP contribution >= 0.6 is 0 Å². The molecular formula is C12H15N5O. The van der Waals surface area contributed by atoms with E-state index in [2.05, 4.69) is 10.4 Å². The number of aromatic nitrogens is 2. The van der Waals surface area contributed by atoms with Crippen molar-refractivity contribution in [2.75, 3.05) is 17.6 Å². The number of para-hydroxylation sites is 1. The van der Waals surface area contributed by atoms with Crippen molar-refractivity contribution >= 4 is 17.3 Å². The van der Waals surface area contributed by atoms with E-state index < -0.39 is 5.91 Å². The highest BCUT2D eigenvalue weighted by atomic mass is 16.1. The molecule has 2 rings (SSSR count). The number of primary amides is 1. The van der Waals surface area contributed by atoms with Crippen LogP contribution in [0.3, 0.4) is 0 Å². The summed E-state index contributed by atoms with van der Waals surface area (Å²) < 4.78 is 1.79. The molecule has 0 spiro atoms. The fraction of sp³-hybridized carbons (Fsp3) is 0.167. The van der Waals surface area contributed by atoms with Gasteiger partial charge in [-0.2, -0.15) is 5.10 Å². The van der Waals surface area contributed by atoms with Gasteiger partial charge in [0.15, 0.2) is 0 Å². The van der Waals surface area contributed by atoms with Gasteiger partial charge in [0.1, 0.15) is 0 Å². The van der Waals surface area contributed by atoms with Crippen molar-refractivity contribution in [2.24, 2.45) is 5.73 Å². The molecule has 1 aromatic carbocycles. The van der Waals surface area contributed by atoms with Gasteiger partial charge in [-0.05, 0) is 18.2 Å². The number of carbonyl (C=O) groups excluding carboxylic acids is 1. The number of hydrogen-bond donors (Lipinski definition) is 3. The Kier molecular flexibility index (Phi) is 3.47. The van der Waals surface area contributed by atoms with E-state index in [-0.39, 0.29) is 0 Å². The van der Waals surface area contributed by atoms with Gasteiger partial charge in [0.25, 0.3) is 5.91 Å². The maximum absolute atomic E-state index is 11.3. The first-order chi connectivity index (χ1) is 8.68. The lowest BCUT2D eigenvalue weighted by atomic mass is 10.1. The highest BCUT2D eigenvalue weighted by Gasteiger charge is 2.10. The van der Waals surface area contributed by atoms with Crippen LogP contribution in [0.5, 0.6) is 0 Å². The first kappa shape index (κ1) is 12.0. The second kappa shape index (κ2) is 5.22. The molecule has 6 heteroatoms. The van der Waals surface area contributed by atoms with Gasteiger partial charge in [0.05, 0.1) is 23.5 Å². The molecular weight excluding hydrogens is 230 g/mol. The Bertz CT molecular complexity index is 535. The average molecular weight is 245 g/mol. The van der Waals surface area contributed by atoms with E-state index >= 15 is 0 Å². The minimum Gasteiger partial charge on any atom is -0.397 e. The number of nitrogens with two attached hydrogens (primary N) is 2. The van der Waals surface area contributed by atoms with E-state index in [0.29, 0.717) is 30.0 Å². The minimum absolute atomic E-state index is 0.399. The highest BCUT2D eigenvalue weighted by Crippen LogP contribution is 2.22. The van der Waals surface area contributed by atoms with Crippen LogP contribution < -0.4 is 16.8 Å². The molecule has 0 unspecified atom stereocenters. The van der Waals surface area contributed by atoms with E-state index in [1.54, 1.807) is 29.1 Å². The molecule has 0 aliphatic carbocycles. The van der Waals surface area contributed by atoms with Crippen LogP contribution in [-0.2, 0) is 6.54 Å². The second-order valence-corrected chi connectivity index (χ2v) is 3.83. The normalized spacial score (nSPS) is 10.2. The zero-order valence-corrected chi connectivity index (χ0v) is 9.84. The molecule has 0 radical (unpaired) electrons. The van der Waals surface area contributed by atoms with Crippen molar-refractivity contribution in [3.05, 3.63) is 42.2 Å². The number of rotatable bonds is 5. The summed E-state index contributed by atoms with van der Waals surface area (Å²) in [5, 5.41) is 7.20. The molecule has 94 valence electrons. The third kappa shape index (κ3) is 2.60. The Balaban J connectivity index is 2.06. The minimum atomic E-state index is -0.496. The zero-order valence-electron chi connectivity index (χ0n) is 9.84. The molecule has 1 heterocycles. The number of anilines is 2. The van der Waals surface area contributed by atoms with Crippen LogP contribution in [0, 0.1) is 0 Å². The monoisotopic (exact) mass is 245 g/mol. The van der Waals surface area contributed by atoms with Crippen LogP contribution in [-0.4, -0.2) is 22.2 Å². The van der Waals surface area contributed by atoms with Gasteiger partial charge in [0, 0.05) is 18.9 Å². The zero-order chi connectivity index (χ0) is 13.0. The van der Waals surface area contributed by atoms with Gasteiger partial charge in [-0.15, -0.1) is 0 Å². The topological polar surface area (TPSA) is 99.0 Å². The summed E-state index contributed by atoms with van der Waals surface area (Å²) in [6.07, 6.45) is 3.58. The molecule has 1 amide bonds. The molecule has 5 N–H and O–H groups in total. The number of nitrogen functional groups attached to an aromatic ring is 1. The van der Waals surface area contributed by atoms with E-state index in [1.165, 1.54) is 0 Å². The summed E-state index contributed by atoms with van der Waals surface area (Å²) in [7, 11) is 0. The lowest BCUT2D eigenvalue weighted by Crippen LogP contribution is -2.18. The van der Waals surface area contributed by atoms with Gasteiger partial charge in [-0.25, -0.2) is 0 Å². The summed E-state index contributed by atoms with van der Waals surface area (Å²) in [6, 6.07) is 6.93. The predicted molar refractivity (Wildman–Crippen MR) is 70.1 cm³/mol. The van der Waals surface area contributed by atoms with Crippen LogP contribution in [0.25, 0.3) is 0 Å². The van der Waals surface area contributed by atoms with Crippen molar-refractivity contribution in [3.63, 3.8) is 0 Å². The largest absolute Gasteiger partial charge is 0.397 e. The molecule has 1 aromatic heterocycles. The quantitative estimate of drug-likeness (QED) is 0.674. The molecule has 18 heavy (non-hydrogen) atoms. The Hall–Kier alpha value is -2.50. The Morgan fingerprint density at radius 1 is 1.39 bits per heavy atom. The number of hydrogen-bond acceptors (Lipinski definition) is 4. The van der Waals surface area contributed by atoms with E-state index in [1.807, 2.05) is 12.3 Å². The summed E-state index contributed by atoms with van der Waals surface area (Å²) in [4.78, 5) is 11.3. The molecule has 0 saturated carbocycles. The summed E-state index contributed by atoms with van der Waals surface area (Å²) >= 11 is 0. The smallest absolute Gasteiger partial charge is 0.250 e. The first-order valence-corrected chi connectivity index (χ1v) is 5.58. The number of nitrogens with one attached hydrogen (secondary N) is 1. The Labute approximate surface area is 105 Å². The van der Waals surface area contributed by atoms with Crippen molar-refractivity contribution < 1.29 is 4.79 Å². The fourth-order valence-electron chi connectivity index (χ4n) is 1.70. The van der Waals surface area contributed by atoms with Gasteiger partial charge in [0.2, 0.25) is 0 Å². The van der Waals surface area contributed by atoms with Crippen molar-refractivity contribution in [1.82, 2.24) is 9.78 Å². The second-order valence-electron chi connectivity index (χ2n) is 3.83. The Morgan fingerprint density at radius 2 is 2.22 bits per heavy atom. The van der Waals surface area contributed by atoms with E-state index in [9.17, 15) is 4.79 Å². The standard InChI is InChI=1S/C12H15N5O/c13-10-4-1-3-9(12(14)18)11(10)15-6-8-17-7-2-5-16-17/h1-5,7,15H,6,8,13H2,(H2,14,18). The summed E-state index contributed by atoms with van der Waals surface area (Å²) in [6.45, 7) is 1.29. The highest BCUT2D eigenvalue weighted by molar-refractivity contribution is 6.01. The van der Waals surface area contributed by atoms with E-state index in [4.69, 9.17) is 11.5 Å². The lowest BCUT2D eigenvalue weighted by molar-refractivity contribution is 0.100. The molecule has 0 aliphatic rings.